The van der Waals surface area contributed by atoms with Crippen molar-refractivity contribution in [3.05, 3.63) is 75.3 Å². The van der Waals surface area contributed by atoms with Crippen molar-refractivity contribution < 1.29 is 9.53 Å². The molecule has 152 valence electrons. The molecule has 0 spiro atoms. The molecule has 2 aromatic rings. The molecule has 6 heteroatoms. The van der Waals surface area contributed by atoms with Crippen molar-refractivity contribution in [1.29, 1.82) is 5.26 Å². The van der Waals surface area contributed by atoms with Crippen LogP contribution in [0, 0.1) is 17.2 Å². The number of hydrogen-bond acceptors (Lipinski definition) is 5. The van der Waals surface area contributed by atoms with Gasteiger partial charge in [-0.25, -0.2) is 4.99 Å². The van der Waals surface area contributed by atoms with Crippen molar-refractivity contribution in [2.24, 2.45) is 10.9 Å². The van der Waals surface area contributed by atoms with Crippen LogP contribution >= 0.6 is 23.4 Å². The summed E-state index contributed by atoms with van der Waals surface area (Å²) >= 11 is 7.53. The number of methoxy groups -OCH3 is 1. The fourth-order valence-electron chi connectivity index (χ4n) is 4.06. The Morgan fingerprint density at radius 2 is 1.87 bits per heavy atom. The van der Waals surface area contributed by atoms with E-state index in [9.17, 15) is 10.1 Å². The Bertz CT molecular complexity index is 1050. The lowest BCUT2D eigenvalue weighted by Crippen LogP contribution is -2.37. The number of Topliss-reactive ketones (excluding diaryl/α,β-unsaturated/α-hetero) is 1. The first-order valence-electron chi connectivity index (χ1n) is 9.86. The van der Waals surface area contributed by atoms with Crippen molar-refractivity contribution in [3.63, 3.8) is 0 Å². The molecular formula is C24H21ClN2O2S. The summed E-state index contributed by atoms with van der Waals surface area (Å²) in [5.74, 6) is 0.965. The van der Waals surface area contributed by atoms with E-state index in [-0.39, 0.29) is 17.6 Å². The first-order valence-corrected chi connectivity index (χ1v) is 11.2. The summed E-state index contributed by atoms with van der Waals surface area (Å²) < 4.78 is 5.27. The van der Waals surface area contributed by atoms with Gasteiger partial charge in [0.25, 0.3) is 0 Å². The average molecular weight is 437 g/mol. The van der Waals surface area contributed by atoms with Gasteiger partial charge in [-0.1, -0.05) is 35.9 Å². The number of thioether (sulfide) groups is 1. The molecule has 1 aliphatic carbocycles. The Balaban J connectivity index is 1.72. The van der Waals surface area contributed by atoms with Gasteiger partial charge in [0.15, 0.2) is 0 Å². The molecule has 0 bridgehead atoms. The van der Waals surface area contributed by atoms with Crippen LogP contribution < -0.4 is 4.74 Å². The third-order valence-corrected chi connectivity index (χ3v) is 6.88. The molecule has 4 rings (SSSR count). The quantitative estimate of drug-likeness (QED) is 0.583. The molecule has 0 radical (unpaired) electrons. The average Bonchev–Trinajstić information content (AvgIpc) is 2.78. The number of fused-ring (bicyclic) bond motifs is 1. The Morgan fingerprint density at radius 3 is 2.53 bits per heavy atom. The molecule has 0 saturated heterocycles. The van der Waals surface area contributed by atoms with E-state index in [1.807, 2.05) is 48.5 Å². The molecule has 0 N–H and O–H groups in total. The Kier molecular flexibility index (Phi) is 6.26. The lowest BCUT2D eigenvalue weighted by atomic mass is 9.70. The summed E-state index contributed by atoms with van der Waals surface area (Å²) in [6, 6.07) is 17.7. The molecule has 1 fully saturated rings. The number of halogens is 1. The van der Waals surface area contributed by atoms with E-state index in [0.717, 1.165) is 35.4 Å². The molecule has 2 aromatic carbocycles. The van der Waals surface area contributed by atoms with E-state index in [2.05, 4.69) is 6.07 Å². The monoisotopic (exact) mass is 436 g/mol. The molecule has 2 aliphatic rings. The van der Waals surface area contributed by atoms with Crippen LogP contribution in [0.1, 0.15) is 36.3 Å². The van der Waals surface area contributed by atoms with Crippen molar-refractivity contribution in [2.45, 2.75) is 30.9 Å². The Morgan fingerprint density at radius 1 is 1.13 bits per heavy atom. The normalized spacial score (nSPS) is 21.0. The molecule has 30 heavy (non-hydrogen) atoms. The van der Waals surface area contributed by atoms with Gasteiger partial charge in [0, 0.05) is 28.8 Å². The number of rotatable bonds is 5. The molecule has 1 aliphatic heterocycles. The van der Waals surface area contributed by atoms with Gasteiger partial charge >= 0.3 is 0 Å². The smallest absolute Gasteiger partial charge is 0.142 e. The number of carbonyl (C=O) groups is 1. The SMILES string of the molecule is COc1ccc([C@H]2C(C#N)=C(SCc3ccc(Cl)cc3)N=C3CCCC(=O)[C@@H]32)cc1. The minimum Gasteiger partial charge on any atom is -0.497 e. The predicted octanol–water partition coefficient (Wildman–Crippen LogP) is 5.92. The number of ether oxygens (including phenoxy) is 1. The zero-order valence-corrected chi connectivity index (χ0v) is 18.2. The number of ketones is 1. The van der Waals surface area contributed by atoms with Crippen LogP contribution in [-0.2, 0) is 10.5 Å². The first-order chi connectivity index (χ1) is 14.6. The van der Waals surface area contributed by atoms with Crippen molar-refractivity contribution in [3.8, 4) is 11.8 Å². The number of aliphatic imine (C=N–C) groups is 1. The lowest BCUT2D eigenvalue weighted by molar-refractivity contribution is -0.121. The largest absolute Gasteiger partial charge is 0.497 e. The second kappa shape index (κ2) is 9.07. The maximum atomic E-state index is 12.9. The molecule has 0 amide bonds. The highest BCUT2D eigenvalue weighted by Gasteiger charge is 2.42. The Hall–Kier alpha value is -2.55. The van der Waals surface area contributed by atoms with E-state index in [0.29, 0.717) is 27.8 Å². The van der Waals surface area contributed by atoms with Gasteiger partial charge in [-0.15, -0.1) is 11.8 Å². The van der Waals surface area contributed by atoms with Gasteiger partial charge in [0.05, 0.1) is 24.7 Å². The minimum atomic E-state index is -0.346. The van der Waals surface area contributed by atoms with Gasteiger partial charge in [0.1, 0.15) is 16.6 Å². The first kappa shape index (κ1) is 20.7. The topological polar surface area (TPSA) is 62.4 Å². The molecule has 4 nitrogen and oxygen atoms in total. The van der Waals surface area contributed by atoms with Crippen LogP contribution in [0.2, 0.25) is 5.02 Å². The highest BCUT2D eigenvalue weighted by molar-refractivity contribution is 8.02. The number of benzene rings is 2. The van der Waals surface area contributed by atoms with E-state index in [1.165, 1.54) is 0 Å². The molecule has 0 aromatic heterocycles. The second-order valence-corrected chi connectivity index (χ2v) is 8.80. The molecule has 0 unspecified atom stereocenters. The number of carbonyl (C=O) groups excluding carboxylic acids is 1. The van der Waals surface area contributed by atoms with Crippen LogP contribution in [0.5, 0.6) is 5.75 Å². The minimum absolute atomic E-state index is 0.176. The van der Waals surface area contributed by atoms with Gasteiger partial charge in [-0.2, -0.15) is 5.26 Å². The van der Waals surface area contributed by atoms with Gasteiger partial charge < -0.3 is 4.74 Å². The van der Waals surface area contributed by atoms with E-state index in [1.54, 1.807) is 18.9 Å². The van der Waals surface area contributed by atoms with E-state index in [4.69, 9.17) is 21.3 Å². The molecular weight excluding hydrogens is 416 g/mol. The fourth-order valence-corrected chi connectivity index (χ4v) is 5.20. The highest BCUT2D eigenvalue weighted by atomic mass is 35.5. The number of nitriles is 1. The summed E-state index contributed by atoms with van der Waals surface area (Å²) in [4.78, 5) is 17.7. The summed E-state index contributed by atoms with van der Waals surface area (Å²) in [5.41, 5.74) is 3.54. The van der Waals surface area contributed by atoms with Crippen molar-refractivity contribution >= 4 is 34.9 Å². The van der Waals surface area contributed by atoms with E-state index >= 15 is 0 Å². The maximum Gasteiger partial charge on any atom is 0.142 e. The summed E-state index contributed by atoms with van der Waals surface area (Å²) in [6.45, 7) is 0. The maximum absolute atomic E-state index is 12.9. The molecule has 1 heterocycles. The predicted molar refractivity (Wildman–Crippen MR) is 121 cm³/mol. The Labute approximate surface area is 185 Å². The third-order valence-electron chi connectivity index (χ3n) is 5.57. The highest BCUT2D eigenvalue weighted by Crippen LogP contribution is 2.45. The number of nitrogens with zero attached hydrogens (tertiary/aromatic N) is 2. The summed E-state index contributed by atoms with van der Waals surface area (Å²) in [7, 11) is 1.62. The second-order valence-electron chi connectivity index (χ2n) is 7.40. The van der Waals surface area contributed by atoms with Crippen LogP contribution in [0.3, 0.4) is 0 Å². The van der Waals surface area contributed by atoms with Crippen LogP contribution in [0.25, 0.3) is 0 Å². The van der Waals surface area contributed by atoms with Crippen molar-refractivity contribution in [1.82, 2.24) is 0 Å². The standard InChI is InChI=1S/C24H21ClN2O2S/c1-29-18-11-7-16(8-12-18)22-19(13-26)24(27-20-3-2-4-21(28)23(20)22)30-14-15-5-9-17(25)10-6-15/h5-12,22-23H,2-4,14H2,1H3/t22-,23+/m0/s1. The summed E-state index contributed by atoms with van der Waals surface area (Å²) in [6.07, 6.45) is 2.16. The number of allylic oxidation sites excluding steroid dienone is 1. The number of hydrogen-bond donors (Lipinski definition) is 0. The molecule has 2 atom stereocenters. The van der Waals surface area contributed by atoms with Gasteiger partial charge in [-0.05, 0) is 48.2 Å². The summed E-state index contributed by atoms with van der Waals surface area (Å²) in [5, 5.41) is 11.5. The van der Waals surface area contributed by atoms with Crippen molar-refractivity contribution in [2.75, 3.05) is 7.11 Å². The van der Waals surface area contributed by atoms with Crippen LogP contribution in [-0.4, -0.2) is 18.6 Å². The van der Waals surface area contributed by atoms with Gasteiger partial charge in [0.2, 0.25) is 0 Å². The zero-order chi connectivity index (χ0) is 21.1. The lowest BCUT2D eigenvalue weighted by Gasteiger charge is -2.34. The van der Waals surface area contributed by atoms with Gasteiger partial charge in [-0.3, -0.25) is 4.79 Å². The van der Waals surface area contributed by atoms with Crippen LogP contribution in [0.15, 0.2) is 64.1 Å². The zero-order valence-electron chi connectivity index (χ0n) is 16.6. The van der Waals surface area contributed by atoms with Crippen LogP contribution in [0.4, 0.5) is 0 Å². The fraction of sp³-hybridized carbons (Fsp3) is 0.292. The van der Waals surface area contributed by atoms with E-state index < -0.39 is 0 Å². The third kappa shape index (κ3) is 4.16. The molecule has 1 saturated carbocycles.